The Balaban J connectivity index is 0.00000220. The second-order valence-electron chi connectivity index (χ2n) is 11.6. The van der Waals surface area contributed by atoms with Crippen LogP contribution in [-0.2, 0) is 16.1 Å². The van der Waals surface area contributed by atoms with Crippen LogP contribution in [0.1, 0.15) is 76.7 Å². The summed E-state index contributed by atoms with van der Waals surface area (Å²) in [6.07, 6.45) is 9.88. The summed E-state index contributed by atoms with van der Waals surface area (Å²) in [5, 5.41) is 14.2. The molecule has 9 heteroatoms. The second-order valence-corrected chi connectivity index (χ2v) is 11.6. The van der Waals surface area contributed by atoms with E-state index in [1.807, 2.05) is 29.3 Å². The molecule has 1 aliphatic carbocycles. The van der Waals surface area contributed by atoms with E-state index in [0.717, 1.165) is 68.6 Å². The molecule has 2 aliphatic heterocycles. The molecule has 1 aromatic heterocycles. The van der Waals surface area contributed by atoms with Crippen molar-refractivity contribution in [1.29, 1.82) is 0 Å². The lowest BCUT2D eigenvalue weighted by molar-refractivity contribution is -0.163. The molecule has 3 aliphatic rings. The van der Waals surface area contributed by atoms with Gasteiger partial charge in [-0.3, -0.25) is 19.5 Å². The summed E-state index contributed by atoms with van der Waals surface area (Å²) in [4.78, 5) is 36.3. The minimum absolute atomic E-state index is 0. The summed E-state index contributed by atoms with van der Waals surface area (Å²) in [5.41, 5.74) is 1.58. The molecule has 1 saturated carbocycles. The monoisotopic (exact) mass is 590 g/mol. The van der Waals surface area contributed by atoms with Crippen LogP contribution in [0.3, 0.4) is 0 Å². The lowest BCUT2D eigenvalue weighted by Crippen LogP contribution is -2.73. The van der Waals surface area contributed by atoms with Crippen LogP contribution < -0.4 is 5.32 Å². The third-order valence-corrected chi connectivity index (χ3v) is 8.90. The van der Waals surface area contributed by atoms with Crippen LogP contribution >= 0.6 is 24.8 Å². The van der Waals surface area contributed by atoms with Crippen molar-refractivity contribution in [1.82, 2.24) is 20.1 Å². The molecule has 2 aromatic rings. The first-order valence-corrected chi connectivity index (χ1v) is 14.5. The van der Waals surface area contributed by atoms with Gasteiger partial charge in [-0.2, -0.15) is 0 Å². The molecule has 40 heavy (non-hydrogen) atoms. The Morgan fingerprint density at radius 2 is 1.68 bits per heavy atom. The number of pyridine rings is 1. The molecule has 7 nitrogen and oxygen atoms in total. The van der Waals surface area contributed by atoms with Crippen molar-refractivity contribution in [2.45, 2.75) is 94.9 Å². The van der Waals surface area contributed by atoms with Crippen LogP contribution in [0, 0.1) is 0 Å². The van der Waals surface area contributed by atoms with Gasteiger partial charge in [-0.1, -0.05) is 69.0 Å². The van der Waals surface area contributed by atoms with Crippen molar-refractivity contribution in [3.8, 4) is 11.3 Å². The van der Waals surface area contributed by atoms with E-state index in [-0.39, 0.29) is 36.6 Å². The average molecular weight is 592 g/mol. The summed E-state index contributed by atoms with van der Waals surface area (Å²) in [7, 11) is 0. The van der Waals surface area contributed by atoms with Crippen molar-refractivity contribution in [3.63, 3.8) is 0 Å². The van der Waals surface area contributed by atoms with Gasteiger partial charge in [0.05, 0.1) is 11.3 Å². The van der Waals surface area contributed by atoms with Gasteiger partial charge < -0.3 is 15.3 Å². The van der Waals surface area contributed by atoms with E-state index >= 15 is 0 Å². The molecule has 1 atom stereocenters. The van der Waals surface area contributed by atoms with Crippen LogP contribution in [0.15, 0.2) is 48.7 Å². The first-order valence-electron chi connectivity index (χ1n) is 14.5. The number of unbranched alkanes of at least 4 members (excludes halogenated alkanes) is 1. The van der Waals surface area contributed by atoms with Crippen molar-refractivity contribution < 1.29 is 14.7 Å². The van der Waals surface area contributed by atoms with Crippen molar-refractivity contribution in [2.75, 3.05) is 19.6 Å². The number of amides is 2. The lowest BCUT2D eigenvalue weighted by Gasteiger charge is -2.52. The van der Waals surface area contributed by atoms with Gasteiger partial charge in [0.2, 0.25) is 11.8 Å². The largest absolute Gasteiger partial charge is 0.390 e. The summed E-state index contributed by atoms with van der Waals surface area (Å²) in [6.45, 7) is 4.99. The molecule has 3 heterocycles. The number of piperazine rings is 1. The molecular weight excluding hydrogens is 547 g/mol. The van der Waals surface area contributed by atoms with Gasteiger partial charge in [-0.25, -0.2) is 0 Å². The number of hydrogen-bond acceptors (Lipinski definition) is 5. The fourth-order valence-electron chi connectivity index (χ4n) is 6.58. The number of nitrogens with zero attached hydrogens (tertiary/aromatic N) is 3. The zero-order valence-corrected chi connectivity index (χ0v) is 25.2. The summed E-state index contributed by atoms with van der Waals surface area (Å²) >= 11 is 0. The molecule has 220 valence electrons. The molecule has 0 radical (unpaired) electrons. The van der Waals surface area contributed by atoms with Crippen LogP contribution in [0.2, 0.25) is 0 Å². The second kappa shape index (κ2) is 14.1. The molecule has 1 spiro atoms. The summed E-state index contributed by atoms with van der Waals surface area (Å²) in [5.74, 6) is -0.0441. The number of likely N-dealkylation sites (tertiary alicyclic amines) is 1. The quantitative estimate of drug-likeness (QED) is 0.444. The molecule has 5 rings (SSSR count). The Hall–Kier alpha value is -2.19. The first-order chi connectivity index (χ1) is 18.4. The standard InChI is InChI=1S/C31H42N4O3.2ClH/c1-2-3-18-35-28(36)27(21-30(38)14-8-5-9-15-30)33-29(37)31(35)16-19-34(20-17-31)23-24-12-13-26(32-22-24)25-10-6-4-7-11-25;;/h4,6-7,10-13,22,27,38H,2-3,5,8-9,14-21,23H2,1H3,(H,33,37);2*1H/t27-;;/m1../s1. The number of carbonyl (C=O) groups is 2. The zero-order chi connectivity index (χ0) is 26.6. The van der Waals surface area contributed by atoms with Gasteiger partial charge in [-0.15, -0.1) is 24.8 Å². The average Bonchev–Trinajstić information content (AvgIpc) is 2.94. The van der Waals surface area contributed by atoms with E-state index in [2.05, 4.69) is 46.4 Å². The SMILES string of the molecule is CCCCN1C(=O)[C@@H](CC2(O)CCCCC2)NC(=O)C12CCN(Cc1ccc(-c3ccccc3)nc1)CC2.Cl.Cl. The fraction of sp³-hybridized carbons (Fsp3) is 0.581. The molecule has 2 N–H and O–H groups in total. The molecule has 0 bridgehead atoms. The molecule has 2 amide bonds. The van der Waals surface area contributed by atoms with E-state index < -0.39 is 17.2 Å². The normalized spacial score (nSPS) is 22.2. The Kier molecular flexibility index (Phi) is 11.4. The van der Waals surface area contributed by atoms with Gasteiger partial charge >= 0.3 is 0 Å². The Morgan fingerprint density at radius 1 is 0.975 bits per heavy atom. The number of aliphatic hydroxyl groups is 1. The van der Waals surface area contributed by atoms with Gasteiger partial charge in [-0.05, 0) is 43.7 Å². The Bertz CT molecular complexity index is 1100. The minimum atomic E-state index is -0.847. The maximum Gasteiger partial charge on any atom is 0.246 e. The maximum atomic E-state index is 13.8. The van der Waals surface area contributed by atoms with Crippen molar-refractivity contribution in [2.24, 2.45) is 0 Å². The Morgan fingerprint density at radius 3 is 2.30 bits per heavy atom. The van der Waals surface area contributed by atoms with Crippen LogP contribution in [0.5, 0.6) is 0 Å². The van der Waals surface area contributed by atoms with E-state index in [0.29, 0.717) is 38.6 Å². The Labute approximate surface area is 250 Å². The predicted molar refractivity (Wildman–Crippen MR) is 163 cm³/mol. The molecule has 0 unspecified atom stereocenters. The minimum Gasteiger partial charge on any atom is -0.390 e. The van der Waals surface area contributed by atoms with E-state index in [9.17, 15) is 14.7 Å². The third-order valence-electron chi connectivity index (χ3n) is 8.90. The van der Waals surface area contributed by atoms with Crippen LogP contribution in [0.25, 0.3) is 11.3 Å². The van der Waals surface area contributed by atoms with Crippen molar-refractivity contribution in [3.05, 3.63) is 54.2 Å². The highest BCUT2D eigenvalue weighted by Gasteiger charge is 2.54. The molecule has 1 aromatic carbocycles. The van der Waals surface area contributed by atoms with Gasteiger partial charge in [0.25, 0.3) is 0 Å². The smallest absolute Gasteiger partial charge is 0.246 e. The number of aromatic nitrogens is 1. The summed E-state index contributed by atoms with van der Waals surface area (Å²) < 4.78 is 0. The zero-order valence-electron chi connectivity index (χ0n) is 23.5. The fourth-order valence-corrected chi connectivity index (χ4v) is 6.58. The maximum absolute atomic E-state index is 13.8. The van der Waals surface area contributed by atoms with E-state index in [1.165, 1.54) is 0 Å². The lowest BCUT2D eigenvalue weighted by atomic mass is 9.77. The van der Waals surface area contributed by atoms with Gasteiger partial charge in [0.1, 0.15) is 11.6 Å². The molecular formula is C31H44Cl2N4O3. The third kappa shape index (κ3) is 6.99. The van der Waals surface area contributed by atoms with Crippen molar-refractivity contribution >= 4 is 36.6 Å². The van der Waals surface area contributed by atoms with Crippen LogP contribution in [-0.4, -0.2) is 68.5 Å². The predicted octanol–water partition coefficient (Wildman–Crippen LogP) is 5.14. The highest BCUT2D eigenvalue weighted by atomic mass is 35.5. The summed E-state index contributed by atoms with van der Waals surface area (Å²) in [6, 6.07) is 13.7. The van der Waals surface area contributed by atoms with Crippen LogP contribution in [0.4, 0.5) is 0 Å². The topological polar surface area (TPSA) is 85.8 Å². The number of rotatable bonds is 8. The molecule has 2 saturated heterocycles. The number of benzene rings is 1. The number of carbonyl (C=O) groups excluding carboxylic acids is 2. The number of piperidine rings is 1. The van der Waals surface area contributed by atoms with E-state index in [4.69, 9.17) is 0 Å². The number of nitrogens with one attached hydrogen (secondary N) is 1. The highest BCUT2D eigenvalue weighted by molar-refractivity contribution is 6.00. The highest BCUT2D eigenvalue weighted by Crippen LogP contribution is 2.37. The van der Waals surface area contributed by atoms with Gasteiger partial charge in [0, 0.05) is 44.4 Å². The van der Waals surface area contributed by atoms with Gasteiger partial charge in [0.15, 0.2) is 0 Å². The first kappa shape index (κ1) is 32.3. The number of halogens is 2. The molecule has 3 fully saturated rings. The number of hydrogen-bond donors (Lipinski definition) is 2. The van der Waals surface area contributed by atoms with E-state index in [1.54, 1.807) is 0 Å².